The van der Waals surface area contributed by atoms with E-state index in [9.17, 15) is 18.0 Å². The summed E-state index contributed by atoms with van der Waals surface area (Å²) < 4.78 is 44.0. The number of nitrogens with zero attached hydrogens (tertiary/aromatic N) is 4. The van der Waals surface area contributed by atoms with Gasteiger partial charge in [-0.05, 0) is 25.0 Å². The van der Waals surface area contributed by atoms with Crippen LogP contribution in [0.5, 0.6) is 0 Å². The zero-order chi connectivity index (χ0) is 17.9. The summed E-state index contributed by atoms with van der Waals surface area (Å²) in [6.45, 7) is -0.638. The van der Waals surface area contributed by atoms with Gasteiger partial charge < -0.3 is 9.64 Å². The van der Waals surface area contributed by atoms with Gasteiger partial charge >= 0.3 is 6.18 Å². The van der Waals surface area contributed by atoms with E-state index in [0.717, 1.165) is 4.90 Å². The first-order valence-corrected chi connectivity index (χ1v) is 7.87. The normalized spacial score (nSPS) is 16.0. The second kappa shape index (κ2) is 7.22. The molecule has 1 amide bonds. The molecule has 0 spiro atoms. The van der Waals surface area contributed by atoms with Crippen LogP contribution in [-0.2, 0) is 4.74 Å². The van der Waals surface area contributed by atoms with Gasteiger partial charge in [-0.15, -0.1) is 5.10 Å². The predicted molar refractivity (Wildman–Crippen MR) is 82.3 cm³/mol. The topological polar surface area (TPSA) is 60.2 Å². The molecule has 0 bridgehead atoms. The van der Waals surface area contributed by atoms with Crippen LogP contribution in [0, 0.1) is 0 Å². The Hall–Kier alpha value is -2.42. The number of alkyl halides is 3. The SMILES string of the molecule is O=C(c1cnn(-c2ccccc2)n1)N(CC(F)(F)F)C1CCOCC1. The average Bonchev–Trinajstić information content (AvgIpc) is 3.10. The van der Waals surface area contributed by atoms with Crippen molar-refractivity contribution in [1.82, 2.24) is 19.9 Å². The van der Waals surface area contributed by atoms with Crippen molar-refractivity contribution in [2.24, 2.45) is 0 Å². The minimum absolute atomic E-state index is 0.111. The number of benzene rings is 1. The maximum Gasteiger partial charge on any atom is 0.406 e. The smallest absolute Gasteiger partial charge is 0.381 e. The lowest BCUT2D eigenvalue weighted by molar-refractivity contribution is -0.147. The fourth-order valence-corrected chi connectivity index (χ4v) is 2.75. The minimum Gasteiger partial charge on any atom is -0.381 e. The van der Waals surface area contributed by atoms with Crippen LogP contribution < -0.4 is 0 Å². The van der Waals surface area contributed by atoms with E-state index in [-0.39, 0.29) is 5.69 Å². The Labute approximate surface area is 142 Å². The molecule has 0 unspecified atom stereocenters. The molecule has 9 heteroatoms. The minimum atomic E-state index is -4.48. The Morgan fingerprint density at radius 2 is 1.92 bits per heavy atom. The van der Waals surface area contributed by atoms with Gasteiger partial charge in [-0.25, -0.2) is 0 Å². The molecule has 1 aliphatic rings. The van der Waals surface area contributed by atoms with Crippen molar-refractivity contribution in [3.05, 3.63) is 42.2 Å². The molecule has 3 rings (SSSR count). The van der Waals surface area contributed by atoms with Gasteiger partial charge in [0.15, 0.2) is 5.69 Å². The number of hydrogen-bond acceptors (Lipinski definition) is 4. The third-order valence-corrected chi connectivity index (χ3v) is 3.94. The van der Waals surface area contributed by atoms with Gasteiger partial charge in [0.2, 0.25) is 0 Å². The van der Waals surface area contributed by atoms with Gasteiger partial charge in [0.1, 0.15) is 6.54 Å². The summed E-state index contributed by atoms with van der Waals surface area (Å²) in [4.78, 5) is 14.7. The fourth-order valence-electron chi connectivity index (χ4n) is 2.75. The lowest BCUT2D eigenvalue weighted by atomic mass is 10.1. The molecule has 1 aliphatic heterocycles. The van der Waals surface area contributed by atoms with Gasteiger partial charge in [0.05, 0.1) is 11.9 Å². The summed E-state index contributed by atoms with van der Waals surface area (Å²) in [5.74, 6) is -0.772. The Bertz CT molecular complexity index is 712. The maximum atomic E-state index is 12.9. The van der Waals surface area contributed by atoms with Crippen LogP contribution in [0.15, 0.2) is 36.5 Å². The number of ether oxygens (including phenoxy) is 1. The van der Waals surface area contributed by atoms with Crippen molar-refractivity contribution in [2.75, 3.05) is 19.8 Å². The predicted octanol–water partition coefficient (Wildman–Crippen LogP) is 2.45. The van der Waals surface area contributed by atoms with Crippen LogP contribution in [0.3, 0.4) is 0 Å². The van der Waals surface area contributed by atoms with Crippen molar-refractivity contribution in [1.29, 1.82) is 0 Å². The van der Waals surface area contributed by atoms with E-state index in [1.54, 1.807) is 24.3 Å². The van der Waals surface area contributed by atoms with Crippen LogP contribution in [0.25, 0.3) is 5.69 Å². The highest BCUT2D eigenvalue weighted by molar-refractivity contribution is 5.92. The van der Waals surface area contributed by atoms with E-state index in [2.05, 4.69) is 10.2 Å². The number of para-hydroxylation sites is 1. The number of carbonyl (C=O) groups is 1. The average molecular weight is 354 g/mol. The van der Waals surface area contributed by atoms with Gasteiger partial charge in [-0.2, -0.15) is 23.1 Å². The molecule has 2 heterocycles. The number of hydrogen-bond donors (Lipinski definition) is 0. The summed E-state index contributed by atoms with van der Waals surface area (Å²) in [6, 6.07) is 8.32. The highest BCUT2D eigenvalue weighted by Crippen LogP contribution is 2.23. The number of rotatable bonds is 4. The Morgan fingerprint density at radius 3 is 2.56 bits per heavy atom. The first-order valence-electron chi connectivity index (χ1n) is 7.87. The Morgan fingerprint density at radius 1 is 1.24 bits per heavy atom. The van der Waals surface area contributed by atoms with Crippen molar-refractivity contribution >= 4 is 5.91 Å². The quantitative estimate of drug-likeness (QED) is 0.846. The van der Waals surface area contributed by atoms with Gasteiger partial charge in [-0.1, -0.05) is 18.2 Å². The molecule has 0 atom stereocenters. The number of carbonyl (C=O) groups excluding carboxylic acids is 1. The molecule has 25 heavy (non-hydrogen) atoms. The summed E-state index contributed by atoms with van der Waals surface area (Å²) >= 11 is 0. The molecule has 6 nitrogen and oxygen atoms in total. The molecule has 1 aromatic heterocycles. The number of aromatic nitrogens is 3. The van der Waals surface area contributed by atoms with Gasteiger partial charge in [0, 0.05) is 19.3 Å². The molecular formula is C16H17F3N4O2. The first kappa shape index (κ1) is 17.4. The fraction of sp³-hybridized carbons (Fsp3) is 0.438. The molecule has 0 radical (unpaired) electrons. The number of amides is 1. The summed E-state index contributed by atoms with van der Waals surface area (Å²) in [5.41, 5.74) is 0.509. The van der Waals surface area contributed by atoms with Crippen molar-refractivity contribution in [3.8, 4) is 5.69 Å². The van der Waals surface area contributed by atoms with Gasteiger partial charge in [0.25, 0.3) is 5.91 Å². The number of halogens is 3. The second-order valence-electron chi connectivity index (χ2n) is 5.75. The highest BCUT2D eigenvalue weighted by atomic mass is 19.4. The van der Waals surface area contributed by atoms with Crippen molar-refractivity contribution in [3.63, 3.8) is 0 Å². The zero-order valence-corrected chi connectivity index (χ0v) is 13.3. The molecule has 0 saturated carbocycles. The molecule has 1 saturated heterocycles. The van der Waals surface area contributed by atoms with E-state index in [1.807, 2.05) is 6.07 Å². The molecule has 1 fully saturated rings. The monoisotopic (exact) mass is 354 g/mol. The van der Waals surface area contributed by atoms with Crippen molar-refractivity contribution < 1.29 is 22.7 Å². The van der Waals surface area contributed by atoms with E-state index in [1.165, 1.54) is 11.0 Å². The highest BCUT2D eigenvalue weighted by Gasteiger charge is 2.38. The summed E-state index contributed by atoms with van der Waals surface area (Å²) in [6.07, 6.45) is -2.55. The van der Waals surface area contributed by atoms with Crippen LogP contribution in [-0.4, -0.2) is 57.8 Å². The molecule has 0 N–H and O–H groups in total. The molecule has 134 valence electrons. The second-order valence-corrected chi connectivity index (χ2v) is 5.75. The third-order valence-electron chi connectivity index (χ3n) is 3.94. The largest absolute Gasteiger partial charge is 0.406 e. The first-order chi connectivity index (χ1) is 11.9. The Balaban J connectivity index is 1.83. The molecule has 1 aromatic carbocycles. The maximum absolute atomic E-state index is 12.9. The third kappa shape index (κ3) is 4.36. The van der Waals surface area contributed by atoms with E-state index in [4.69, 9.17) is 4.74 Å². The molecule has 2 aromatic rings. The van der Waals surface area contributed by atoms with E-state index >= 15 is 0 Å². The summed E-state index contributed by atoms with van der Waals surface area (Å²) in [7, 11) is 0. The van der Waals surface area contributed by atoms with E-state index in [0.29, 0.717) is 31.7 Å². The lowest BCUT2D eigenvalue weighted by Crippen LogP contribution is -2.48. The van der Waals surface area contributed by atoms with Crippen LogP contribution in [0.4, 0.5) is 13.2 Å². The summed E-state index contributed by atoms with van der Waals surface area (Å²) in [5, 5.41) is 8.03. The van der Waals surface area contributed by atoms with Gasteiger partial charge in [-0.3, -0.25) is 4.79 Å². The molecular weight excluding hydrogens is 337 g/mol. The van der Waals surface area contributed by atoms with Crippen molar-refractivity contribution in [2.45, 2.75) is 25.1 Å². The molecule has 0 aliphatic carbocycles. The zero-order valence-electron chi connectivity index (χ0n) is 13.3. The van der Waals surface area contributed by atoms with Crippen LogP contribution in [0.1, 0.15) is 23.3 Å². The van der Waals surface area contributed by atoms with Crippen LogP contribution >= 0.6 is 0 Å². The Kier molecular flexibility index (Phi) is 5.03. The van der Waals surface area contributed by atoms with E-state index < -0.39 is 24.7 Å². The standard InChI is InChI=1S/C16H17F3N4O2/c17-16(18,19)11-22(12-6-8-25-9-7-12)15(24)14-10-20-23(21-14)13-4-2-1-3-5-13/h1-5,10,12H,6-9,11H2. The lowest BCUT2D eigenvalue weighted by Gasteiger charge is -2.34. The van der Waals surface area contributed by atoms with Crippen LogP contribution in [0.2, 0.25) is 0 Å².